The molecule has 0 spiro atoms. The molecule has 4 heteroatoms. The fourth-order valence-corrected chi connectivity index (χ4v) is 1.63. The van der Waals surface area contributed by atoms with Crippen LogP contribution in [0.2, 0.25) is 0 Å². The van der Waals surface area contributed by atoms with Gasteiger partial charge in [-0.05, 0) is 24.0 Å². The number of hydrogen-bond acceptors (Lipinski definition) is 4. The number of thioether (sulfide) groups is 1. The first-order valence-corrected chi connectivity index (χ1v) is 5.12. The molecule has 1 aromatic rings. The molecule has 0 fully saturated rings. The maximum Gasteiger partial charge on any atom is 0.132 e. The van der Waals surface area contributed by atoms with Crippen LogP contribution < -0.4 is 10.2 Å². The van der Waals surface area contributed by atoms with Gasteiger partial charge in [-0.3, -0.25) is 0 Å². The Labute approximate surface area is 82.1 Å². The van der Waals surface area contributed by atoms with Gasteiger partial charge in [-0.2, -0.15) is 0 Å². The maximum atomic E-state index is 8.51. The molecule has 0 atom stereocenters. The number of rotatable bonds is 4. The van der Waals surface area contributed by atoms with Crippen molar-refractivity contribution in [2.24, 2.45) is 0 Å². The van der Waals surface area contributed by atoms with Crippen molar-refractivity contribution in [2.75, 3.05) is 13.4 Å². The second-order valence-corrected chi connectivity index (χ2v) is 3.37. The van der Waals surface area contributed by atoms with E-state index in [0.29, 0.717) is 6.54 Å². The smallest absolute Gasteiger partial charge is 0.132 e. The van der Waals surface area contributed by atoms with Gasteiger partial charge in [-0.15, -0.1) is 11.8 Å². The molecule has 0 amide bonds. The van der Waals surface area contributed by atoms with Crippen LogP contribution in [-0.4, -0.2) is 18.6 Å². The van der Waals surface area contributed by atoms with Crippen LogP contribution in [0.25, 0.3) is 0 Å². The fourth-order valence-electron chi connectivity index (χ4n) is 1.08. The van der Waals surface area contributed by atoms with Crippen molar-refractivity contribution >= 4 is 11.8 Å². The van der Waals surface area contributed by atoms with Gasteiger partial charge in [0.15, 0.2) is 0 Å². The first-order chi connectivity index (χ1) is 6.31. The molecule has 0 aliphatic carbocycles. The van der Waals surface area contributed by atoms with Gasteiger partial charge < -0.3 is 9.94 Å². The van der Waals surface area contributed by atoms with Crippen LogP contribution in [0.1, 0.15) is 5.56 Å². The fraction of sp³-hybridized carbons (Fsp3) is 0.333. The van der Waals surface area contributed by atoms with E-state index >= 15 is 0 Å². The molecule has 0 radical (unpaired) electrons. The summed E-state index contributed by atoms with van der Waals surface area (Å²) in [5, 5.41) is 8.51. The normalized spacial score (nSPS) is 10.1. The summed E-state index contributed by atoms with van der Waals surface area (Å²) < 4.78 is 5.19. The molecule has 3 nitrogen and oxygen atoms in total. The van der Waals surface area contributed by atoms with Crippen LogP contribution in [0.4, 0.5) is 0 Å². The average molecular weight is 199 g/mol. The molecule has 0 heterocycles. The topological polar surface area (TPSA) is 41.5 Å². The predicted octanol–water partition coefficient (Wildman–Crippen LogP) is 1.90. The highest BCUT2D eigenvalue weighted by molar-refractivity contribution is 7.98. The van der Waals surface area contributed by atoms with E-state index in [4.69, 9.17) is 9.94 Å². The van der Waals surface area contributed by atoms with Crippen LogP contribution >= 0.6 is 11.8 Å². The highest BCUT2D eigenvalue weighted by Gasteiger charge is 2.02. The molecule has 0 unspecified atom stereocenters. The molecule has 0 bridgehead atoms. The van der Waals surface area contributed by atoms with Gasteiger partial charge in [0, 0.05) is 11.4 Å². The van der Waals surface area contributed by atoms with Crippen molar-refractivity contribution in [3.8, 4) is 5.75 Å². The molecule has 2 N–H and O–H groups in total. The minimum atomic E-state index is 0.436. The lowest BCUT2D eigenvalue weighted by atomic mass is 10.2. The van der Waals surface area contributed by atoms with Gasteiger partial charge in [0.2, 0.25) is 0 Å². The van der Waals surface area contributed by atoms with Crippen LogP contribution in [0.5, 0.6) is 5.75 Å². The third-order valence-corrected chi connectivity index (χ3v) is 2.51. The highest BCUT2D eigenvalue weighted by atomic mass is 32.2. The molecule has 72 valence electrons. The molecule has 13 heavy (non-hydrogen) atoms. The second kappa shape index (κ2) is 5.11. The first kappa shape index (κ1) is 10.4. The van der Waals surface area contributed by atoms with Crippen molar-refractivity contribution in [1.29, 1.82) is 0 Å². The zero-order valence-electron chi connectivity index (χ0n) is 7.70. The maximum absolute atomic E-state index is 8.51. The standard InChI is InChI=1S/C9H13NO2S/c1-12-8-5-7(6-10-11)3-4-9(8)13-2/h3-5,10-11H,6H2,1-2H3. The Morgan fingerprint density at radius 2 is 2.31 bits per heavy atom. The summed E-state index contributed by atoms with van der Waals surface area (Å²) >= 11 is 1.64. The van der Waals surface area contributed by atoms with E-state index < -0.39 is 0 Å². The summed E-state index contributed by atoms with van der Waals surface area (Å²) in [6.45, 7) is 0.436. The Balaban J connectivity index is 2.91. The molecule has 0 saturated heterocycles. The van der Waals surface area contributed by atoms with E-state index in [-0.39, 0.29) is 0 Å². The van der Waals surface area contributed by atoms with Gasteiger partial charge in [-0.25, -0.2) is 5.48 Å². The van der Waals surface area contributed by atoms with Crippen molar-refractivity contribution in [3.05, 3.63) is 23.8 Å². The minimum absolute atomic E-state index is 0.436. The lowest BCUT2D eigenvalue weighted by Crippen LogP contribution is -2.06. The third kappa shape index (κ3) is 2.62. The molecular formula is C9H13NO2S. The lowest BCUT2D eigenvalue weighted by molar-refractivity contribution is 0.161. The number of nitrogens with one attached hydrogen (secondary N) is 1. The lowest BCUT2D eigenvalue weighted by Gasteiger charge is -2.07. The number of hydrogen-bond donors (Lipinski definition) is 2. The Morgan fingerprint density at radius 1 is 1.54 bits per heavy atom. The van der Waals surface area contributed by atoms with Gasteiger partial charge in [0.25, 0.3) is 0 Å². The summed E-state index contributed by atoms with van der Waals surface area (Å²) in [7, 11) is 1.64. The Morgan fingerprint density at radius 3 is 2.85 bits per heavy atom. The summed E-state index contributed by atoms with van der Waals surface area (Å²) in [6.07, 6.45) is 2.00. The van der Waals surface area contributed by atoms with Crippen LogP contribution in [-0.2, 0) is 6.54 Å². The summed E-state index contributed by atoms with van der Waals surface area (Å²) in [5.41, 5.74) is 3.11. The van der Waals surface area contributed by atoms with Crippen LogP contribution in [0, 0.1) is 0 Å². The zero-order chi connectivity index (χ0) is 9.68. The third-order valence-electron chi connectivity index (χ3n) is 1.73. The van der Waals surface area contributed by atoms with E-state index in [1.807, 2.05) is 24.5 Å². The Bertz CT molecular complexity index is 278. The van der Waals surface area contributed by atoms with E-state index in [1.165, 1.54) is 0 Å². The van der Waals surface area contributed by atoms with Crippen molar-refractivity contribution in [3.63, 3.8) is 0 Å². The van der Waals surface area contributed by atoms with E-state index in [2.05, 4.69) is 5.48 Å². The minimum Gasteiger partial charge on any atom is -0.496 e. The predicted molar refractivity (Wildman–Crippen MR) is 53.4 cm³/mol. The monoisotopic (exact) mass is 199 g/mol. The quantitative estimate of drug-likeness (QED) is 0.574. The van der Waals surface area contributed by atoms with E-state index in [9.17, 15) is 0 Å². The average Bonchev–Trinajstić information content (AvgIpc) is 2.18. The second-order valence-electron chi connectivity index (χ2n) is 2.52. The molecule has 0 saturated carbocycles. The van der Waals surface area contributed by atoms with Gasteiger partial charge in [0.1, 0.15) is 5.75 Å². The largest absolute Gasteiger partial charge is 0.496 e. The number of methoxy groups -OCH3 is 1. The van der Waals surface area contributed by atoms with E-state index in [1.54, 1.807) is 18.9 Å². The highest BCUT2D eigenvalue weighted by Crippen LogP contribution is 2.28. The number of ether oxygens (including phenoxy) is 1. The molecule has 1 aromatic carbocycles. The summed E-state index contributed by atoms with van der Waals surface area (Å²) in [4.78, 5) is 1.10. The van der Waals surface area contributed by atoms with Crippen LogP contribution in [0.15, 0.2) is 23.1 Å². The van der Waals surface area contributed by atoms with E-state index in [0.717, 1.165) is 16.2 Å². The molecule has 0 aliphatic heterocycles. The zero-order valence-corrected chi connectivity index (χ0v) is 8.52. The summed E-state index contributed by atoms with van der Waals surface area (Å²) in [5.74, 6) is 0.847. The summed E-state index contributed by atoms with van der Waals surface area (Å²) in [6, 6.07) is 5.85. The molecular weight excluding hydrogens is 186 g/mol. The molecule has 0 aliphatic rings. The molecule has 1 rings (SSSR count). The van der Waals surface area contributed by atoms with Gasteiger partial charge in [0.05, 0.1) is 7.11 Å². The Hall–Kier alpha value is -0.710. The van der Waals surface area contributed by atoms with Crippen LogP contribution in [0.3, 0.4) is 0 Å². The van der Waals surface area contributed by atoms with Gasteiger partial charge >= 0.3 is 0 Å². The Kier molecular flexibility index (Phi) is 4.08. The van der Waals surface area contributed by atoms with Gasteiger partial charge in [-0.1, -0.05) is 6.07 Å². The number of hydroxylamine groups is 1. The first-order valence-electron chi connectivity index (χ1n) is 3.89. The molecule has 0 aromatic heterocycles. The van der Waals surface area contributed by atoms with Crippen molar-refractivity contribution < 1.29 is 9.94 Å². The van der Waals surface area contributed by atoms with Crippen molar-refractivity contribution in [2.45, 2.75) is 11.4 Å². The number of benzene rings is 1. The van der Waals surface area contributed by atoms with Crippen molar-refractivity contribution in [1.82, 2.24) is 5.48 Å². The SMILES string of the molecule is COc1cc(CNO)ccc1SC.